The quantitative estimate of drug-likeness (QED) is 0.891. The summed E-state index contributed by atoms with van der Waals surface area (Å²) in [5.41, 5.74) is 1.83. The minimum absolute atomic E-state index is 0.0930. The Morgan fingerprint density at radius 1 is 1.00 bits per heavy atom. The topological polar surface area (TPSA) is 56.8 Å². The van der Waals surface area contributed by atoms with Gasteiger partial charge in [0, 0.05) is 23.9 Å². The van der Waals surface area contributed by atoms with Gasteiger partial charge in [0.25, 0.3) is 5.91 Å². The molecule has 5 nitrogen and oxygen atoms in total. The average molecular weight is 301 g/mol. The molecule has 0 aliphatic heterocycles. The van der Waals surface area contributed by atoms with Crippen molar-refractivity contribution in [3.63, 3.8) is 0 Å². The third-order valence-corrected chi connectivity index (χ3v) is 3.00. The third-order valence-electron chi connectivity index (χ3n) is 3.00. The molecule has 0 aliphatic carbocycles. The molecule has 2 rings (SSSR count). The number of ether oxygens (including phenoxy) is 3. The van der Waals surface area contributed by atoms with Gasteiger partial charge in [-0.3, -0.25) is 4.79 Å². The van der Waals surface area contributed by atoms with Crippen molar-refractivity contribution in [3.8, 4) is 17.2 Å². The van der Waals surface area contributed by atoms with Gasteiger partial charge in [0.2, 0.25) is 0 Å². The van der Waals surface area contributed by atoms with E-state index in [9.17, 15) is 4.79 Å². The highest BCUT2D eigenvalue weighted by molar-refractivity contribution is 5.91. The van der Waals surface area contributed by atoms with Crippen LogP contribution in [0.5, 0.6) is 17.2 Å². The molecule has 5 heteroatoms. The van der Waals surface area contributed by atoms with Crippen LogP contribution in [-0.2, 0) is 4.79 Å². The summed E-state index contributed by atoms with van der Waals surface area (Å²) in [6.07, 6.45) is 0. The van der Waals surface area contributed by atoms with Crippen LogP contribution in [0.1, 0.15) is 5.56 Å². The lowest BCUT2D eigenvalue weighted by Crippen LogP contribution is -2.20. The summed E-state index contributed by atoms with van der Waals surface area (Å²) in [6.45, 7) is 1.87. The summed E-state index contributed by atoms with van der Waals surface area (Å²) in [4.78, 5) is 11.9. The predicted octanol–water partition coefficient (Wildman–Crippen LogP) is 3.03. The zero-order valence-electron chi connectivity index (χ0n) is 12.9. The number of anilines is 1. The van der Waals surface area contributed by atoms with E-state index in [4.69, 9.17) is 14.2 Å². The Morgan fingerprint density at radius 3 is 2.23 bits per heavy atom. The lowest BCUT2D eigenvalue weighted by Gasteiger charge is -2.10. The van der Waals surface area contributed by atoms with Gasteiger partial charge >= 0.3 is 0 Å². The fraction of sp³-hybridized carbons (Fsp3) is 0.235. The number of aryl methyl sites for hydroxylation is 1. The Kier molecular flexibility index (Phi) is 5.25. The maximum Gasteiger partial charge on any atom is 0.262 e. The summed E-state index contributed by atoms with van der Waals surface area (Å²) >= 11 is 0. The second-order valence-electron chi connectivity index (χ2n) is 4.75. The van der Waals surface area contributed by atoms with Gasteiger partial charge in [-0.15, -0.1) is 0 Å². The highest BCUT2D eigenvalue weighted by Crippen LogP contribution is 2.27. The van der Waals surface area contributed by atoms with Crippen molar-refractivity contribution < 1.29 is 19.0 Å². The van der Waals surface area contributed by atoms with E-state index in [1.54, 1.807) is 32.4 Å². The molecule has 0 aromatic heterocycles. The molecule has 0 atom stereocenters. The van der Waals surface area contributed by atoms with Crippen LogP contribution in [-0.4, -0.2) is 26.7 Å². The number of nitrogens with one attached hydrogen (secondary N) is 1. The average Bonchev–Trinajstić information content (AvgIpc) is 2.52. The second kappa shape index (κ2) is 7.36. The largest absolute Gasteiger partial charge is 0.496 e. The fourth-order valence-electron chi connectivity index (χ4n) is 1.93. The SMILES string of the molecule is COc1cc(OC)cc(OCC(=O)Nc2cccc(C)c2)c1. The first-order valence-electron chi connectivity index (χ1n) is 6.83. The molecular weight excluding hydrogens is 282 g/mol. The number of benzene rings is 2. The standard InChI is InChI=1S/C17H19NO4/c1-12-5-4-6-13(7-12)18-17(19)11-22-16-9-14(20-2)8-15(10-16)21-3/h4-10H,11H2,1-3H3,(H,18,19). The molecular formula is C17H19NO4. The molecule has 0 aliphatic rings. The van der Waals surface area contributed by atoms with Gasteiger partial charge in [-0.2, -0.15) is 0 Å². The predicted molar refractivity (Wildman–Crippen MR) is 84.8 cm³/mol. The van der Waals surface area contributed by atoms with E-state index in [-0.39, 0.29) is 12.5 Å². The number of hydrogen-bond donors (Lipinski definition) is 1. The van der Waals surface area contributed by atoms with E-state index in [0.29, 0.717) is 17.2 Å². The molecule has 2 aromatic carbocycles. The molecule has 116 valence electrons. The molecule has 0 unspecified atom stereocenters. The Labute approximate surface area is 129 Å². The van der Waals surface area contributed by atoms with Crippen LogP contribution in [0.2, 0.25) is 0 Å². The Bertz CT molecular complexity index is 633. The summed E-state index contributed by atoms with van der Waals surface area (Å²) in [5.74, 6) is 1.49. The molecule has 0 spiro atoms. The molecule has 1 N–H and O–H groups in total. The van der Waals surface area contributed by atoms with Crippen LogP contribution in [0.4, 0.5) is 5.69 Å². The molecule has 2 aromatic rings. The third kappa shape index (κ3) is 4.41. The Balaban J connectivity index is 1.96. The Hall–Kier alpha value is -2.69. The van der Waals surface area contributed by atoms with Crippen molar-refractivity contribution in [2.24, 2.45) is 0 Å². The molecule has 0 radical (unpaired) electrons. The number of rotatable bonds is 6. The van der Waals surface area contributed by atoms with E-state index in [1.807, 2.05) is 31.2 Å². The summed E-state index contributed by atoms with van der Waals surface area (Å²) < 4.78 is 15.8. The van der Waals surface area contributed by atoms with Crippen LogP contribution >= 0.6 is 0 Å². The number of carbonyl (C=O) groups excluding carboxylic acids is 1. The summed E-state index contributed by atoms with van der Waals surface area (Å²) in [5, 5.41) is 2.78. The van der Waals surface area contributed by atoms with Gasteiger partial charge in [0.1, 0.15) is 17.2 Å². The van der Waals surface area contributed by atoms with Crippen LogP contribution in [0.25, 0.3) is 0 Å². The van der Waals surface area contributed by atoms with Crippen LogP contribution < -0.4 is 19.5 Å². The number of amides is 1. The lowest BCUT2D eigenvalue weighted by atomic mass is 10.2. The maximum absolute atomic E-state index is 11.9. The fourth-order valence-corrected chi connectivity index (χ4v) is 1.93. The minimum atomic E-state index is -0.229. The van der Waals surface area contributed by atoms with Gasteiger partial charge in [-0.25, -0.2) is 0 Å². The van der Waals surface area contributed by atoms with Crippen molar-refractivity contribution in [1.29, 1.82) is 0 Å². The molecule has 0 heterocycles. The molecule has 0 fully saturated rings. The van der Waals surface area contributed by atoms with Crippen molar-refractivity contribution >= 4 is 11.6 Å². The monoisotopic (exact) mass is 301 g/mol. The van der Waals surface area contributed by atoms with E-state index in [0.717, 1.165) is 11.3 Å². The molecule has 0 bridgehead atoms. The lowest BCUT2D eigenvalue weighted by molar-refractivity contribution is -0.118. The zero-order chi connectivity index (χ0) is 15.9. The molecule has 1 amide bonds. The van der Waals surface area contributed by atoms with Crippen molar-refractivity contribution in [2.45, 2.75) is 6.92 Å². The number of methoxy groups -OCH3 is 2. The summed E-state index contributed by atoms with van der Waals surface area (Å²) in [7, 11) is 3.12. The van der Waals surface area contributed by atoms with Gasteiger partial charge < -0.3 is 19.5 Å². The van der Waals surface area contributed by atoms with Crippen molar-refractivity contribution in [2.75, 3.05) is 26.1 Å². The van der Waals surface area contributed by atoms with E-state index >= 15 is 0 Å². The highest BCUT2D eigenvalue weighted by Gasteiger charge is 2.07. The van der Waals surface area contributed by atoms with E-state index in [1.165, 1.54) is 0 Å². The first-order chi connectivity index (χ1) is 10.6. The van der Waals surface area contributed by atoms with Gasteiger partial charge in [0.05, 0.1) is 14.2 Å². The van der Waals surface area contributed by atoms with Crippen LogP contribution in [0.3, 0.4) is 0 Å². The van der Waals surface area contributed by atoms with E-state index in [2.05, 4.69) is 5.32 Å². The minimum Gasteiger partial charge on any atom is -0.496 e. The molecule has 22 heavy (non-hydrogen) atoms. The second-order valence-corrected chi connectivity index (χ2v) is 4.75. The number of carbonyl (C=O) groups is 1. The smallest absolute Gasteiger partial charge is 0.262 e. The van der Waals surface area contributed by atoms with E-state index < -0.39 is 0 Å². The van der Waals surface area contributed by atoms with Crippen molar-refractivity contribution in [1.82, 2.24) is 0 Å². The molecule has 0 saturated carbocycles. The Morgan fingerprint density at radius 2 is 1.64 bits per heavy atom. The van der Waals surface area contributed by atoms with Gasteiger partial charge in [-0.1, -0.05) is 12.1 Å². The van der Waals surface area contributed by atoms with Gasteiger partial charge in [-0.05, 0) is 24.6 Å². The first-order valence-corrected chi connectivity index (χ1v) is 6.83. The van der Waals surface area contributed by atoms with Crippen LogP contribution in [0, 0.1) is 6.92 Å². The molecule has 0 saturated heterocycles. The normalized spacial score (nSPS) is 9.95. The van der Waals surface area contributed by atoms with Crippen LogP contribution in [0.15, 0.2) is 42.5 Å². The first kappa shape index (κ1) is 15.7. The van der Waals surface area contributed by atoms with Gasteiger partial charge in [0.15, 0.2) is 6.61 Å². The highest BCUT2D eigenvalue weighted by atomic mass is 16.5. The summed E-state index contributed by atoms with van der Waals surface area (Å²) in [6, 6.07) is 12.7. The van der Waals surface area contributed by atoms with Crippen molar-refractivity contribution in [3.05, 3.63) is 48.0 Å². The maximum atomic E-state index is 11.9. The number of hydrogen-bond acceptors (Lipinski definition) is 4. The zero-order valence-corrected chi connectivity index (χ0v) is 12.9.